The van der Waals surface area contributed by atoms with Crippen LogP contribution in [-0.4, -0.2) is 63.1 Å². The molecule has 2 aliphatic rings. The van der Waals surface area contributed by atoms with E-state index in [0.717, 1.165) is 38.4 Å². The van der Waals surface area contributed by atoms with Crippen molar-refractivity contribution in [2.45, 2.75) is 26.2 Å². The van der Waals surface area contributed by atoms with Crippen LogP contribution in [0, 0.1) is 11.3 Å². The monoisotopic (exact) mass is 310 g/mol. The van der Waals surface area contributed by atoms with E-state index >= 15 is 0 Å². The SMILES string of the molecule is CN=C(NCC(C)C(=O)OC)N1CCCC2(CNC(=O)C2)C1. The highest BCUT2D eigenvalue weighted by Crippen LogP contribution is 2.35. The van der Waals surface area contributed by atoms with Crippen molar-refractivity contribution in [2.24, 2.45) is 16.3 Å². The van der Waals surface area contributed by atoms with E-state index in [0.29, 0.717) is 13.0 Å². The van der Waals surface area contributed by atoms with Gasteiger partial charge in [0.2, 0.25) is 5.91 Å². The molecule has 2 rings (SSSR count). The van der Waals surface area contributed by atoms with Crippen LogP contribution in [0.5, 0.6) is 0 Å². The Balaban J connectivity index is 1.93. The Morgan fingerprint density at radius 2 is 2.36 bits per heavy atom. The molecule has 0 aromatic rings. The Morgan fingerprint density at radius 3 is 2.95 bits per heavy atom. The van der Waals surface area contributed by atoms with E-state index in [1.54, 1.807) is 7.05 Å². The predicted molar refractivity (Wildman–Crippen MR) is 83.4 cm³/mol. The van der Waals surface area contributed by atoms with Crippen LogP contribution in [-0.2, 0) is 14.3 Å². The number of nitrogens with zero attached hydrogens (tertiary/aromatic N) is 2. The molecule has 2 unspecified atom stereocenters. The lowest BCUT2D eigenvalue weighted by molar-refractivity contribution is -0.144. The highest BCUT2D eigenvalue weighted by atomic mass is 16.5. The summed E-state index contributed by atoms with van der Waals surface area (Å²) in [6, 6.07) is 0. The number of hydrogen-bond donors (Lipinski definition) is 2. The fourth-order valence-corrected chi connectivity index (χ4v) is 3.29. The number of carbonyl (C=O) groups excluding carboxylic acids is 2. The smallest absolute Gasteiger partial charge is 0.310 e. The maximum atomic E-state index is 11.6. The zero-order chi connectivity index (χ0) is 16.2. The molecule has 0 bridgehead atoms. The second kappa shape index (κ2) is 6.98. The first-order valence-electron chi connectivity index (χ1n) is 7.80. The number of guanidine groups is 1. The van der Waals surface area contributed by atoms with Crippen molar-refractivity contribution in [1.29, 1.82) is 0 Å². The number of methoxy groups -OCH3 is 1. The minimum Gasteiger partial charge on any atom is -0.469 e. The molecule has 2 heterocycles. The topological polar surface area (TPSA) is 83.0 Å². The number of rotatable bonds is 3. The minimum atomic E-state index is -0.233. The number of amides is 1. The molecule has 2 atom stereocenters. The van der Waals surface area contributed by atoms with Gasteiger partial charge in [-0.1, -0.05) is 6.92 Å². The number of carbonyl (C=O) groups is 2. The summed E-state index contributed by atoms with van der Waals surface area (Å²) in [5.74, 6) is 0.470. The summed E-state index contributed by atoms with van der Waals surface area (Å²) in [6.45, 7) is 4.79. The summed E-state index contributed by atoms with van der Waals surface area (Å²) in [4.78, 5) is 29.5. The molecular formula is C15H26N4O3. The quantitative estimate of drug-likeness (QED) is 0.435. The van der Waals surface area contributed by atoms with Gasteiger partial charge in [-0.3, -0.25) is 14.6 Å². The van der Waals surface area contributed by atoms with E-state index in [4.69, 9.17) is 4.74 Å². The molecule has 1 spiro atoms. The van der Waals surface area contributed by atoms with Crippen molar-refractivity contribution in [1.82, 2.24) is 15.5 Å². The van der Waals surface area contributed by atoms with E-state index in [9.17, 15) is 9.59 Å². The standard InChI is InChI=1S/C15H26N4O3/c1-11(13(21)22-3)8-17-14(16-2)19-6-4-5-15(10-19)7-12(20)18-9-15/h11H,4-10H2,1-3H3,(H,16,17)(H,18,20). The van der Waals surface area contributed by atoms with E-state index in [-0.39, 0.29) is 23.2 Å². The van der Waals surface area contributed by atoms with E-state index in [1.165, 1.54) is 7.11 Å². The fourth-order valence-electron chi connectivity index (χ4n) is 3.29. The van der Waals surface area contributed by atoms with Crippen LogP contribution in [0.4, 0.5) is 0 Å². The van der Waals surface area contributed by atoms with Gasteiger partial charge in [0.1, 0.15) is 0 Å². The molecule has 124 valence electrons. The van der Waals surface area contributed by atoms with Crippen LogP contribution in [0.2, 0.25) is 0 Å². The lowest BCUT2D eigenvalue weighted by Gasteiger charge is -2.40. The van der Waals surface area contributed by atoms with Crippen LogP contribution in [0.15, 0.2) is 4.99 Å². The van der Waals surface area contributed by atoms with Gasteiger partial charge in [-0.15, -0.1) is 0 Å². The second-order valence-corrected chi connectivity index (χ2v) is 6.33. The van der Waals surface area contributed by atoms with Crippen molar-refractivity contribution < 1.29 is 14.3 Å². The first-order valence-corrected chi connectivity index (χ1v) is 7.80. The number of aliphatic imine (C=N–C) groups is 1. The Morgan fingerprint density at radius 1 is 1.59 bits per heavy atom. The highest BCUT2D eigenvalue weighted by molar-refractivity contribution is 5.82. The summed E-state index contributed by atoms with van der Waals surface area (Å²) >= 11 is 0. The summed E-state index contributed by atoms with van der Waals surface area (Å²) < 4.78 is 4.73. The average molecular weight is 310 g/mol. The van der Waals surface area contributed by atoms with Crippen LogP contribution in [0.25, 0.3) is 0 Å². The average Bonchev–Trinajstić information content (AvgIpc) is 2.87. The van der Waals surface area contributed by atoms with E-state index < -0.39 is 0 Å². The lowest BCUT2D eigenvalue weighted by atomic mass is 9.79. The Hall–Kier alpha value is -1.79. The van der Waals surface area contributed by atoms with Gasteiger partial charge in [-0.05, 0) is 12.8 Å². The minimum absolute atomic E-state index is 0.0287. The van der Waals surface area contributed by atoms with Crippen molar-refractivity contribution in [3.05, 3.63) is 0 Å². The summed E-state index contributed by atoms with van der Waals surface area (Å²) in [7, 11) is 3.14. The van der Waals surface area contributed by atoms with Crippen LogP contribution in [0.3, 0.4) is 0 Å². The van der Waals surface area contributed by atoms with Crippen molar-refractivity contribution >= 4 is 17.8 Å². The van der Waals surface area contributed by atoms with Crippen molar-refractivity contribution in [3.63, 3.8) is 0 Å². The van der Waals surface area contributed by atoms with Gasteiger partial charge in [-0.25, -0.2) is 0 Å². The number of nitrogens with one attached hydrogen (secondary N) is 2. The van der Waals surface area contributed by atoms with Gasteiger partial charge in [-0.2, -0.15) is 0 Å². The largest absolute Gasteiger partial charge is 0.469 e. The summed E-state index contributed by atoms with van der Waals surface area (Å²) in [5, 5.41) is 6.18. The van der Waals surface area contributed by atoms with Crippen molar-refractivity contribution in [3.8, 4) is 0 Å². The molecule has 7 nitrogen and oxygen atoms in total. The maximum absolute atomic E-state index is 11.6. The third kappa shape index (κ3) is 3.69. The molecule has 0 aliphatic carbocycles. The van der Waals surface area contributed by atoms with E-state index in [1.807, 2.05) is 6.92 Å². The second-order valence-electron chi connectivity index (χ2n) is 6.33. The maximum Gasteiger partial charge on any atom is 0.310 e. The molecule has 2 N–H and O–H groups in total. The molecule has 0 radical (unpaired) electrons. The summed E-state index contributed by atoms with van der Waals surface area (Å²) in [5.41, 5.74) is 0.0287. The van der Waals surface area contributed by atoms with Gasteiger partial charge in [0.25, 0.3) is 0 Å². The summed E-state index contributed by atoms with van der Waals surface area (Å²) in [6.07, 6.45) is 2.71. The molecule has 0 aromatic carbocycles. The van der Waals surface area contributed by atoms with Gasteiger partial charge < -0.3 is 20.3 Å². The Bertz CT molecular complexity index is 466. The molecule has 7 heteroatoms. The molecule has 0 saturated carbocycles. The number of likely N-dealkylation sites (tertiary alicyclic amines) is 1. The van der Waals surface area contributed by atoms with Gasteiger partial charge in [0.05, 0.1) is 13.0 Å². The van der Waals surface area contributed by atoms with Gasteiger partial charge in [0, 0.05) is 45.1 Å². The third-order valence-electron chi connectivity index (χ3n) is 4.54. The van der Waals surface area contributed by atoms with Gasteiger partial charge >= 0.3 is 5.97 Å². The zero-order valence-corrected chi connectivity index (χ0v) is 13.6. The normalized spacial score (nSPS) is 26.8. The molecule has 0 aromatic heterocycles. The molecule has 22 heavy (non-hydrogen) atoms. The number of hydrogen-bond acceptors (Lipinski definition) is 4. The molecule has 2 fully saturated rings. The van der Waals surface area contributed by atoms with Crippen molar-refractivity contribution in [2.75, 3.05) is 40.3 Å². The number of esters is 1. The van der Waals surface area contributed by atoms with Crippen LogP contribution in [0.1, 0.15) is 26.2 Å². The van der Waals surface area contributed by atoms with Crippen LogP contribution < -0.4 is 10.6 Å². The first kappa shape index (κ1) is 16.6. The van der Waals surface area contributed by atoms with Crippen LogP contribution >= 0.6 is 0 Å². The molecular weight excluding hydrogens is 284 g/mol. The molecule has 2 saturated heterocycles. The third-order valence-corrected chi connectivity index (χ3v) is 4.54. The lowest BCUT2D eigenvalue weighted by Crippen LogP contribution is -2.52. The Kier molecular flexibility index (Phi) is 5.26. The van der Waals surface area contributed by atoms with Gasteiger partial charge in [0.15, 0.2) is 5.96 Å². The molecule has 2 aliphatic heterocycles. The fraction of sp³-hybridized carbons (Fsp3) is 0.800. The predicted octanol–water partition coefficient (Wildman–Crippen LogP) is -0.0270. The van der Waals surface area contributed by atoms with E-state index in [2.05, 4.69) is 20.5 Å². The first-order chi connectivity index (χ1) is 10.5. The number of ether oxygens (including phenoxy) is 1. The highest BCUT2D eigenvalue weighted by Gasteiger charge is 2.42. The molecule has 1 amide bonds. The Labute approximate surface area is 131 Å². The number of piperidine rings is 1. The zero-order valence-electron chi connectivity index (χ0n) is 13.6.